The van der Waals surface area contributed by atoms with Gasteiger partial charge in [0.1, 0.15) is 5.82 Å². The molecule has 1 aromatic heterocycles. The Morgan fingerprint density at radius 3 is 3.06 bits per heavy atom. The van der Waals surface area contributed by atoms with E-state index in [1.165, 1.54) is 0 Å². The lowest BCUT2D eigenvalue weighted by molar-refractivity contribution is -0.117. The van der Waals surface area contributed by atoms with Crippen LogP contribution in [0.1, 0.15) is 18.9 Å². The first kappa shape index (κ1) is 11.4. The molecule has 1 amide bonds. The van der Waals surface area contributed by atoms with E-state index in [0.29, 0.717) is 18.8 Å². The zero-order chi connectivity index (χ0) is 11.5. The van der Waals surface area contributed by atoms with Gasteiger partial charge in [0, 0.05) is 25.0 Å². The van der Waals surface area contributed by atoms with Crippen LogP contribution < -0.4 is 4.90 Å². The quantitative estimate of drug-likeness (QED) is 0.757. The van der Waals surface area contributed by atoms with Crippen molar-refractivity contribution in [3.8, 4) is 0 Å². The van der Waals surface area contributed by atoms with Gasteiger partial charge in [0.15, 0.2) is 0 Å². The van der Waals surface area contributed by atoms with E-state index in [1.807, 2.05) is 12.1 Å². The van der Waals surface area contributed by atoms with Crippen molar-refractivity contribution in [1.82, 2.24) is 4.98 Å². The zero-order valence-electron chi connectivity index (χ0n) is 9.32. The summed E-state index contributed by atoms with van der Waals surface area (Å²) in [6.45, 7) is 2.77. The molecule has 0 saturated carbocycles. The minimum Gasteiger partial charge on any atom is -0.296 e. The van der Waals surface area contributed by atoms with E-state index in [1.54, 1.807) is 11.1 Å². The monoisotopic (exact) mass is 238 g/mol. The van der Waals surface area contributed by atoms with E-state index >= 15 is 0 Å². The first-order chi connectivity index (χ1) is 7.76. The van der Waals surface area contributed by atoms with Crippen molar-refractivity contribution in [2.75, 3.05) is 17.3 Å². The van der Waals surface area contributed by atoms with Crippen LogP contribution in [-0.2, 0) is 11.2 Å². The summed E-state index contributed by atoms with van der Waals surface area (Å²) in [5.41, 5.74) is 1.12. The Balaban J connectivity index is 2.27. The van der Waals surface area contributed by atoms with Crippen molar-refractivity contribution in [1.29, 1.82) is 0 Å². The molecule has 0 radical (unpaired) electrons. The Hall–Kier alpha value is -1.09. The van der Waals surface area contributed by atoms with Crippen molar-refractivity contribution >= 4 is 23.3 Å². The standard InChI is InChI=1S/C12H15ClN2O/c1-2-10-4-3-5-14-12(10)15-8-9(7-13)6-11(15)16/h3-5,9H,2,6-8H2,1H3. The molecule has 0 bridgehead atoms. The average molecular weight is 239 g/mol. The second-order valence-corrected chi connectivity index (χ2v) is 4.38. The van der Waals surface area contributed by atoms with E-state index in [0.717, 1.165) is 17.8 Å². The normalized spacial score (nSPS) is 20.5. The number of hydrogen-bond donors (Lipinski definition) is 0. The maximum absolute atomic E-state index is 11.8. The number of rotatable bonds is 3. The Kier molecular flexibility index (Phi) is 3.44. The van der Waals surface area contributed by atoms with Gasteiger partial charge >= 0.3 is 0 Å². The summed E-state index contributed by atoms with van der Waals surface area (Å²) in [6.07, 6.45) is 3.16. The fraction of sp³-hybridized carbons (Fsp3) is 0.500. The van der Waals surface area contributed by atoms with E-state index in [-0.39, 0.29) is 11.8 Å². The van der Waals surface area contributed by atoms with Crippen LogP contribution in [0, 0.1) is 5.92 Å². The van der Waals surface area contributed by atoms with Gasteiger partial charge in [-0.15, -0.1) is 11.6 Å². The number of pyridine rings is 1. The van der Waals surface area contributed by atoms with Gasteiger partial charge < -0.3 is 0 Å². The fourth-order valence-corrected chi connectivity index (χ4v) is 2.25. The van der Waals surface area contributed by atoms with Crippen molar-refractivity contribution < 1.29 is 4.79 Å². The second kappa shape index (κ2) is 4.83. The van der Waals surface area contributed by atoms with E-state index in [4.69, 9.17) is 11.6 Å². The molecule has 4 heteroatoms. The number of aromatic nitrogens is 1. The van der Waals surface area contributed by atoms with Crippen LogP contribution in [0.3, 0.4) is 0 Å². The van der Waals surface area contributed by atoms with Crippen LogP contribution in [-0.4, -0.2) is 23.3 Å². The van der Waals surface area contributed by atoms with Crippen LogP contribution in [0.25, 0.3) is 0 Å². The summed E-state index contributed by atoms with van der Waals surface area (Å²) in [5.74, 6) is 1.75. The summed E-state index contributed by atoms with van der Waals surface area (Å²) < 4.78 is 0. The third-order valence-electron chi connectivity index (χ3n) is 2.93. The Morgan fingerprint density at radius 2 is 2.44 bits per heavy atom. The van der Waals surface area contributed by atoms with E-state index < -0.39 is 0 Å². The molecule has 0 aromatic carbocycles. The van der Waals surface area contributed by atoms with Crippen molar-refractivity contribution in [2.24, 2.45) is 5.92 Å². The molecule has 2 rings (SSSR count). The molecule has 2 heterocycles. The van der Waals surface area contributed by atoms with Gasteiger partial charge in [0.05, 0.1) is 0 Å². The molecule has 0 aliphatic carbocycles. The molecule has 0 spiro atoms. The minimum absolute atomic E-state index is 0.138. The SMILES string of the molecule is CCc1cccnc1N1CC(CCl)CC1=O. The van der Waals surface area contributed by atoms with Gasteiger partial charge in [-0.05, 0) is 24.0 Å². The van der Waals surface area contributed by atoms with Crippen LogP contribution in [0.15, 0.2) is 18.3 Å². The third-order valence-corrected chi connectivity index (χ3v) is 3.36. The highest BCUT2D eigenvalue weighted by Gasteiger charge is 2.31. The number of hydrogen-bond acceptors (Lipinski definition) is 2. The first-order valence-corrected chi connectivity index (χ1v) is 6.10. The van der Waals surface area contributed by atoms with Gasteiger partial charge in [-0.1, -0.05) is 13.0 Å². The Labute approximate surface area is 100 Å². The lowest BCUT2D eigenvalue weighted by atomic mass is 10.1. The highest BCUT2D eigenvalue weighted by Crippen LogP contribution is 2.26. The molecule has 16 heavy (non-hydrogen) atoms. The summed E-state index contributed by atoms with van der Waals surface area (Å²) in [4.78, 5) is 17.9. The summed E-state index contributed by atoms with van der Waals surface area (Å²) in [5, 5.41) is 0. The predicted octanol–water partition coefficient (Wildman–Crippen LogP) is 2.24. The molecule has 86 valence electrons. The Bertz CT molecular complexity index is 394. The largest absolute Gasteiger partial charge is 0.296 e. The average Bonchev–Trinajstić information content (AvgIpc) is 2.70. The molecule has 1 aliphatic heterocycles. The number of nitrogens with zero attached hydrogens (tertiary/aromatic N) is 2. The number of carbonyl (C=O) groups is 1. The molecule has 0 N–H and O–H groups in total. The number of halogens is 1. The lowest BCUT2D eigenvalue weighted by Gasteiger charge is -2.18. The number of carbonyl (C=O) groups excluding carboxylic acids is 1. The molecule has 1 aliphatic rings. The smallest absolute Gasteiger partial charge is 0.228 e. The van der Waals surface area contributed by atoms with Gasteiger partial charge in [-0.2, -0.15) is 0 Å². The minimum atomic E-state index is 0.138. The van der Waals surface area contributed by atoms with Crippen molar-refractivity contribution in [2.45, 2.75) is 19.8 Å². The van der Waals surface area contributed by atoms with Gasteiger partial charge in [0.25, 0.3) is 0 Å². The Morgan fingerprint density at radius 1 is 1.62 bits per heavy atom. The van der Waals surface area contributed by atoms with Crippen molar-refractivity contribution in [3.05, 3.63) is 23.9 Å². The van der Waals surface area contributed by atoms with Crippen LogP contribution >= 0.6 is 11.6 Å². The molecule has 1 fully saturated rings. The van der Waals surface area contributed by atoms with Gasteiger partial charge in [0.2, 0.25) is 5.91 Å². The lowest BCUT2D eigenvalue weighted by Crippen LogP contribution is -2.26. The van der Waals surface area contributed by atoms with Crippen LogP contribution in [0.4, 0.5) is 5.82 Å². The zero-order valence-corrected chi connectivity index (χ0v) is 10.1. The van der Waals surface area contributed by atoms with Crippen LogP contribution in [0.2, 0.25) is 0 Å². The van der Waals surface area contributed by atoms with Crippen molar-refractivity contribution in [3.63, 3.8) is 0 Å². The highest BCUT2D eigenvalue weighted by molar-refractivity contribution is 6.18. The maximum atomic E-state index is 11.8. The third kappa shape index (κ3) is 2.05. The summed E-state index contributed by atoms with van der Waals surface area (Å²) in [7, 11) is 0. The van der Waals surface area contributed by atoms with Gasteiger partial charge in [-0.25, -0.2) is 4.98 Å². The molecule has 1 saturated heterocycles. The second-order valence-electron chi connectivity index (χ2n) is 4.07. The maximum Gasteiger partial charge on any atom is 0.228 e. The molecule has 3 nitrogen and oxygen atoms in total. The number of amides is 1. The van der Waals surface area contributed by atoms with Crippen LogP contribution in [0.5, 0.6) is 0 Å². The summed E-state index contributed by atoms with van der Waals surface area (Å²) in [6, 6.07) is 3.92. The predicted molar refractivity (Wildman–Crippen MR) is 64.8 cm³/mol. The number of aryl methyl sites for hydroxylation is 1. The number of anilines is 1. The number of alkyl halides is 1. The topological polar surface area (TPSA) is 33.2 Å². The highest BCUT2D eigenvalue weighted by atomic mass is 35.5. The molecule has 1 atom stereocenters. The first-order valence-electron chi connectivity index (χ1n) is 5.56. The van der Waals surface area contributed by atoms with E-state index in [9.17, 15) is 4.79 Å². The fourth-order valence-electron chi connectivity index (χ4n) is 2.04. The molecule has 1 aromatic rings. The molecular weight excluding hydrogens is 224 g/mol. The molecular formula is C12H15ClN2O. The van der Waals surface area contributed by atoms with Gasteiger partial charge in [-0.3, -0.25) is 9.69 Å². The van der Waals surface area contributed by atoms with E-state index in [2.05, 4.69) is 11.9 Å². The molecule has 1 unspecified atom stereocenters. The summed E-state index contributed by atoms with van der Waals surface area (Å²) >= 11 is 5.80.